The molecule has 0 aromatic heterocycles. The standard InChI is InChI=1S/C18H38O3Si/c1-8-10-12-22(6,7)21-18(14(3)11-9-2)16(5)17(20)15(4)13-19/h9,11,14-20H,8,10,12-13H2,1-7H3/t14-,15?,16+,17-,18+/m0/s1. The number of aliphatic hydroxyl groups is 2. The van der Waals surface area contributed by atoms with Crippen LogP contribution in [0, 0.1) is 17.8 Å². The van der Waals surface area contributed by atoms with Gasteiger partial charge in [-0.2, -0.15) is 0 Å². The van der Waals surface area contributed by atoms with Crippen molar-refractivity contribution in [2.75, 3.05) is 6.61 Å². The minimum absolute atomic E-state index is 0.00118. The average Bonchev–Trinajstić information content (AvgIpc) is 2.48. The quantitative estimate of drug-likeness (QED) is 0.440. The van der Waals surface area contributed by atoms with E-state index in [-0.39, 0.29) is 30.5 Å². The first-order valence-corrected chi connectivity index (χ1v) is 11.9. The van der Waals surface area contributed by atoms with Crippen molar-refractivity contribution in [1.82, 2.24) is 0 Å². The third-order valence-electron chi connectivity index (χ3n) is 4.53. The second-order valence-electron chi connectivity index (χ2n) is 7.34. The fourth-order valence-corrected chi connectivity index (χ4v) is 5.45. The van der Waals surface area contributed by atoms with Crippen LogP contribution in [0.4, 0.5) is 0 Å². The van der Waals surface area contributed by atoms with Gasteiger partial charge in [-0.3, -0.25) is 0 Å². The van der Waals surface area contributed by atoms with Gasteiger partial charge in [0.2, 0.25) is 0 Å². The van der Waals surface area contributed by atoms with Gasteiger partial charge in [0.05, 0.1) is 12.2 Å². The van der Waals surface area contributed by atoms with Crippen LogP contribution in [0.3, 0.4) is 0 Å². The van der Waals surface area contributed by atoms with Crippen molar-refractivity contribution in [3.05, 3.63) is 12.2 Å². The van der Waals surface area contributed by atoms with E-state index >= 15 is 0 Å². The molecule has 0 fully saturated rings. The van der Waals surface area contributed by atoms with Gasteiger partial charge in [-0.1, -0.05) is 52.7 Å². The second kappa shape index (κ2) is 10.6. The first-order valence-electron chi connectivity index (χ1n) is 8.79. The minimum Gasteiger partial charge on any atom is -0.414 e. The smallest absolute Gasteiger partial charge is 0.187 e. The van der Waals surface area contributed by atoms with Crippen molar-refractivity contribution in [2.45, 2.75) is 78.8 Å². The van der Waals surface area contributed by atoms with Gasteiger partial charge in [-0.25, -0.2) is 0 Å². The van der Waals surface area contributed by atoms with E-state index in [1.54, 1.807) is 0 Å². The highest BCUT2D eigenvalue weighted by atomic mass is 28.4. The van der Waals surface area contributed by atoms with Gasteiger partial charge in [0.1, 0.15) is 0 Å². The van der Waals surface area contributed by atoms with Gasteiger partial charge in [-0.15, -0.1) is 0 Å². The molecule has 0 radical (unpaired) electrons. The zero-order chi connectivity index (χ0) is 17.3. The van der Waals surface area contributed by atoms with Gasteiger partial charge in [0.25, 0.3) is 0 Å². The highest BCUT2D eigenvalue weighted by Gasteiger charge is 2.35. The summed E-state index contributed by atoms with van der Waals surface area (Å²) in [6.07, 6.45) is 6.05. The van der Waals surface area contributed by atoms with Crippen molar-refractivity contribution in [2.24, 2.45) is 17.8 Å². The maximum atomic E-state index is 10.5. The lowest BCUT2D eigenvalue weighted by Gasteiger charge is -2.38. The number of hydrogen-bond acceptors (Lipinski definition) is 3. The van der Waals surface area contributed by atoms with E-state index in [0.717, 1.165) is 6.04 Å². The second-order valence-corrected chi connectivity index (χ2v) is 11.6. The van der Waals surface area contributed by atoms with E-state index in [1.165, 1.54) is 12.8 Å². The number of hydrogen-bond donors (Lipinski definition) is 2. The summed E-state index contributed by atoms with van der Waals surface area (Å²) in [5.41, 5.74) is 0. The minimum atomic E-state index is -1.74. The molecule has 0 aliphatic heterocycles. The molecule has 5 atom stereocenters. The molecular formula is C18H38O3Si. The molecule has 0 rings (SSSR count). The van der Waals surface area contributed by atoms with Crippen LogP contribution in [0.25, 0.3) is 0 Å². The van der Waals surface area contributed by atoms with Crippen LogP contribution in [0.5, 0.6) is 0 Å². The van der Waals surface area contributed by atoms with Gasteiger partial charge in [0, 0.05) is 18.4 Å². The molecule has 2 N–H and O–H groups in total. The average molecular weight is 331 g/mol. The Morgan fingerprint density at radius 2 is 1.77 bits per heavy atom. The summed E-state index contributed by atoms with van der Waals surface area (Å²) in [4.78, 5) is 0. The predicted molar refractivity (Wildman–Crippen MR) is 97.5 cm³/mol. The van der Waals surface area contributed by atoms with Crippen LogP contribution in [0.1, 0.15) is 47.5 Å². The number of rotatable bonds is 11. The van der Waals surface area contributed by atoms with Crippen LogP contribution in [0.15, 0.2) is 12.2 Å². The predicted octanol–water partition coefficient (Wildman–Crippen LogP) is 4.21. The molecular weight excluding hydrogens is 292 g/mol. The van der Waals surface area contributed by atoms with Gasteiger partial charge in [-0.05, 0) is 32.0 Å². The Morgan fingerprint density at radius 1 is 1.18 bits per heavy atom. The number of allylic oxidation sites excluding steroid dienone is 1. The Balaban J connectivity index is 5.11. The highest BCUT2D eigenvalue weighted by Crippen LogP contribution is 2.29. The molecule has 132 valence electrons. The van der Waals surface area contributed by atoms with Crippen molar-refractivity contribution in [3.8, 4) is 0 Å². The van der Waals surface area contributed by atoms with Crippen molar-refractivity contribution < 1.29 is 14.6 Å². The van der Waals surface area contributed by atoms with Gasteiger partial charge in [0.15, 0.2) is 8.32 Å². The van der Waals surface area contributed by atoms with Gasteiger partial charge >= 0.3 is 0 Å². The lowest BCUT2D eigenvalue weighted by molar-refractivity contribution is -0.0245. The van der Waals surface area contributed by atoms with Crippen LogP contribution < -0.4 is 0 Å². The lowest BCUT2D eigenvalue weighted by Crippen LogP contribution is -2.46. The summed E-state index contributed by atoms with van der Waals surface area (Å²) in [5, 5.41) is 19.8. The Bertz CT molecular complexity index is 317. The molecule has 0 saturated heterocycles. The molecule has 0 aliphatic rings. The first kappa shape index (κ1) is 21.8. The molecule has 0 aromatic rings. The summed E-state index contributed by atoms with van der Waals surface area (Å²) in [5.74, 6) is 0.134. The molecule has 3 nitrogen and oxygen atoms in total. The molecule has 1 unspecified atom stereocenters. The molecule has 0 bridgehead atoms. The monoisotopic (exact) mass is 330 g/mol. The third-order valence-corrected chi connectivity index (χ3v) is 7.00. The van der Waals surface area contributed by atoms with E-state index in [4.69, 9.17) is 4.43 Å². The molecule has 22 heavy (non-hydrogen) atoms. The van der Waals surface area contributed by atoms with Crippen LogP contribution >= 0.6 is 0 Å². The Morgan fingerprint density at radius 3 is 2.23 bits per heavy atom. The Hall–Kier alpha value is -0.163. The molecule has 0 amide bonds. The van der Waals surface area contributed by atoms with Crippen molar-refractivity contribution in [3.63, 3.8) is 0 Å². The molecule has 0 aliphatic carbocycles. The normalized spacial score (nSPS) is 19.9. The fraction of sp³-hybridized carbons (Fsp3) is 0.889. The summed E-state index contributed by atoms with van der Waals surface area (Å²) in [6, 6.07) is 1.15. The van der Waals surface area contributed by atoms with Gasteiger partial charge < -0.3 is 14.6 Å². The zero-order valence-electron chi connectivity index (χ0n) is 15.7. The summed E-state index contributed by atoms with van der Waals surface area (Å²) < 4.78 is 6.58. The zero-order valence-corrected chi connectivity index (χ0v) is 16.7. The van der Waals surface area contributed by atoms with E-state index in [0.29, 0.717) is 0 Å². The van der Waals surface area contributed by atoms with Crippen molar-refractivity contribution in [1.29, 1.82) is 0 Å². The number of aliphatic hydroxyl groups excluding tert-OH is 2. The first-order chi connectivity index (χ1) is 10.2. The Kier molecular flexibility index (Phi) is 10.5. The van der Waals surface area contributed by atoms with E-state index < -0.39 is 14.4 Å². The largest absolute Gasteiger partial charge is 0.414 e. The molecule has 4 heteroatoms. The topological polar surface area (TPSA) is 49.7 Å². The Labute approximate surface area is 138 Å². The van der Waals surface area contributed by atoms with E-state index in [2.05, 4.69) is 39.1 Å². The SMILES string of the molecule is CC=C[C@H](C)[C@@H](O[Si](C)(C)CCCC)[C@H](C)[C@@H](O)C(C)CO. The summed E-state index contributed by atoms with van der Waals surface area (Å²) in [6.45, 7) is 14.9. The maximum Gasteiger partial charge on any atom is 0.187 e. The molecule has 0 heterocycles. The van der Waals surface area contributed by atoms with E-state index in [9.17, 15) is 10.2 Å². The highest BCUT2D eigenvalue weighted by molar-refractivity contribution is 6.71. The lowest BCUT2D eigenvalue weighted by atomic mass is 9.84. The molecule has 0 spiro atoms. The third kappa shape index (κ3) is 7.40. The van der Waals surface area contributed by atoms with Crippen LogP contribution in [-0.4, -0.2) is 37.3 Å². The van der Waals surface area contributed by atoms with E-state index in [1.807, 2.05) is 20.8 Å². The molecule has 0 saturated carbocycles. The fourth-order valence-electron chi connectivity index (χ4n) is 2.96. The summed E-state index contributed by atoms with van der Waals surface area (Å²) >= 11 is 0. The van der Waals surface area contributed by atoms with Crippen LogP contribution in [-0.2, 0) is 4.43 Å². The molecule has 0 aromatic carbocycles. The van der Waals surface area contributed by atoms with Crippen LogP contribution in [0.2, 0.25) is 19.1 Å². The summed E-state index contributed by atoms with van der Waals surface area (Å²) in [7, 11) is -1.74. The maximum absolute atomic E-state index is 10.5. The van der Waals surface area contributed by atoms with Crippen molar-refractivity contribution >= 4 is 8.32 Å². The number of unbranched alkanes of at least 4 members (excludes halogenated alkanes) is 1.